The summed E-state index contributed by atoms with van der Waals surface area (Å²) in [6.07, 6.45) is 2.38. The van der Waals surface area contributed by atoms with Crippen molar-refractivity contribution in [2.24, 2.45) is 0 Å². The molecule has 2 rings (SSSR count). The van der Waals surface area contributed by atoms with Crippen molar-refractivity contribution >= 4 is 17.3 Å². The molecule has 0 aliphatic carbocycles. The Hall–Kier alpha value is -1.55. The summed E-state index contributed by atoms with van der Waals surface area (Å²) in [6.45, 7) is 3.99. The molecule has 1 aliphatic rings. The lowest BCUT2D eigenvalue weighted by molar-refractivity contribution is -0.120. The number of benzene rings is 1. The van der Waals surface area contributed by atoms with Crippen LogP contribution in [0.15, 0.2) is 24.3 Å². The van der Waals surface area contributed by atoms with Gasteiger partial charge in [0.05, 0.1) is 6.04 Å². The minimum atomic E-state index is -0.0704. The van der Waals surface area contributed by atoms with Crippen LogP contribution in [0, 0.1) is 0 Å². The van der Waals surface area contributed by atoms with Crippen LogP contribution in [-0.4, -0.2) is 29.9 Å². The maximum atomic E-state index is 12.0. The Labute approximate surface area is 102 Å². The first-order chi connectivity index (χ1) is 8.16. The quantitative estimate of drug-likeness (QED) is 0.781. The number of nitrogens with one attached hydrogen (secondary N) is 1. The lowest BCUT2D eigenvalue weighted by atomic mass is 10.2. The Bertz CT molecular complexity index is 399. The smallest absolute Gasteiger partial charge is 0.241 e. The maximum absolute atomic E-state index is 12.0. The number of rotatable bonds is 3. The molecular weight excluding hydrogens is 214 g/mol. The second kappa shape index (κ2) is 5.19. The fourth-order valence-electron chi connectivity index (χ4n) is 2.16. The predicted octanol–water partition coefficient (Wildman–Crippen LogP) is 1.69. The highest BCUT2D eigenvalue weighted by Gasteiger charge is 2.23. The first-order valence-electron chi connectivity index (χ1n) is 6.07. The zero-order valence-corrected chi connectivity index (χ0v) is 10.1. The molecule has 1 heterocycles. The van der Waals surface area contributed by atoms with E-state index in [4.69, 9.17) is 5.73 Å². The van der Waals surface area contributed by atoms with Gasteiger partial charge < -0.3 is 11.1 Å². The number of carbonyl (C=O) groups is 1. The van der Waals surface area contributed by atoms with Crippen LogP contribution >= 0.6 is 0 Å². The second-order valence-corrected chi connectivity index (χ2v) is 4.53. The molecule has 0 radical (unpaired) electrons. The number of likely N-dealkylation sites (tertiary alicyclic amines) is 1. The lowest BCUT2D eigenvalue weighted by Gasteiger charge is -2.22. The largest absolute Gasteiger partial charge is 0.399 e. The molecule has 1 aliphatic heterocycles. The van der Waals surface area contributed by atoms with Gasteiger partial charge in [-0.3, -0.25) is 9.69 Å². The van der Waals surface area contributed by atoms with E-state index in [0.29, 0.717) is 5.69 Å². The van der Waals surface area contributed by atoms with Crippen molar-refractivity contribution in [1.29, 1.82) is 0 Å². The lowest BCUT2D eigenvalue weighted by Crippen LogP contribution is -2.40. The number of amides is 1. The van der Waals surface area contributed by atoms with Crippen molar-refractivity contribution in [3.05, 3.63) is 24.3 Å². The first kappa shape index (κ1) is 11.9. The van der Waals surface area contributed by atoms with Crippen molar-refractivity contribution < 1.29 is 4.79 Å². The van der Waals surface area contributed by atoms with Crippen LogP contribution in [0.3, 0.4) is 0 Å². The summed E-state index contributed by atoms with van der Waals surface area (Å²) in [5.74, 6) is 0.0394. The normalized spacial score (nSPS) is 17.9. The van der Waals surface area contributed by atoms with Gasteiger partial charge in [0.1, 0.15) is 0 Å². The number of anilines is 2. The van der Waals surface area contributed by atoms with E-state index in [2.05, 4.69) is 10.2 Å². The fourth-order valence-corrected chi connectivity index (χ4v) is 2.16. The average Bonchev–Trinajstić information content (AvgIpc) is 2.81. The molecular formula is C13H19N3O. The third-order valence-corrected chi connectivity index (χ3v) is 3.22. The highest BCUT2D eigenvalue weighted by molar-refractivity contribution is 5.94. The van der Waals surface area contributed by atoms with Crippen LogP contribution in [0.5, 0.6) is 0 Å². The molecule has 0 spiro atoms. The van der Waals surface area contributed by atoms with E-state index in [1.165, 1.54) is 12.8 Å². The predicted molar refractivity (Wildman–Crippen MR) is 69.8 cm³/mol. The van der Waals surface area contributed by atoms with Crippen LogP contribution in [0.25, 0.3) is 0 Å². The summed E-state index contributed by atoms with van der Waals surface area (Å²) in [4.78, 5) is 14.2. The molecule has 3 N–H and O–H groups in total. The van der Waals surface area contributed by atoms with Gasteiger partial charge in [-0.2, -0.15) is 0 Å². The average molecular weight is 233 g/mol. The summed E-state index contributed by atoms with van der Waals surface area (Å²) >= 11 is 0. The van der Waals surface area contributed by atoms with E-state index in [1.54, 1.807) is 12.1 Å². The van der Waals surface area contributed by atoms with Gasteiger partial charge >= 0.3 is 0 Å². The van der Waals surface area contributed by atoms with Crippen LogP contribution < -0.4 is 11.1 Å². The number of carbonyl (C=O) groups excluding carboxylic acids is 1. The molecule has 0 saturated carbocycles. The van der Waals surface area contributed by atoms with Gasteiger partial charge in [-0.25, -0.2) is 0 Å². The van der Waals surface area contributed by atoms with Crippen molar-refractivity contribution in [3.8, 4) is 0 Å². The van der Waals surface area contributed by atoms with Gasteiger partial charge in [0.25, 0.3) is 0 Å². The maximum Gasteiger partial charge on any atom is 0.241 e. The molecule has 1 amide bonds. The number of nitrogen functional groups attached to an aromatic ring is 1. The van der Waals surface area contributed by atoms with Gasteiger partial charge in [0, 0.05) is 11.4 Å². The third kappa shape index (κ3) is 2.97. The molecule has 0 bridgehead atoms. The summed E-state index contributed by atoms with van der Waals surface area (Å²) in [5, 5.41) is 2.90. The van der Waals surface area contributed by atoms with Crippen molar-refractivity contribution in [1.82, 2.24) is 4.90 Å². The minimum Gasteiger partial charge on any atom is -0.399 e. The number of hydrogen-bond acceptors (Lipinski definition) is 3. The molecule has 4 heteroatoms. The van der Waals surface area contributed by atoms with E-state index in [0.717, 1.165) is 18.8 Å². The van der Waals surface area contributed by atoms with Crippen LogP contribution in [0.4, 0.5) is 11.4 Å². The van der Waals surface area contributed by atoms with Crippen LogP contribution in [0.2, 0.25) is 0 Å². The third-order valence-electron chi connectivity index (χ3n) is 3.22. The topological polar surface area (TPSA) is 58.4 Å². The fraction of sp³-hybridized carbons (Fsp3) is 0.462. The Morgan fingerprint density at radius 1 is 1.41 bits per heavy atom. The van der Waals surface area contributed by atoms with E-state index < -0.39 is 0 Å². The number of hydrogen-bond donors (Lipinski definition) is 2. The van der Waals surface area contributed by atoms with Crippen molar-refractivity contribution in [2.75, 3.05) is 24.1 Å². The Kier molecular flexibility index (Phi) is 3.64. The van der Waals surface area contributed by atoms with Gasteiger partial charge in [0.2, 0.25) is 5.91 Å². The zero-order valence-electron chi connectivity index (χ0n) is 10.1. The van der Waals surface area contributed by atoms with E-state index >= 15 is 0 Å². The molecule has 0 aromatic heterocycles. The van der Waals surface area contributed by atoms with E-state index in [9.17, 15) is 4.79 Å². The van der Waals surface area contributed by atoms with Crippen molar-refractivity contribution in [3.63, 3.8) is 0 Å². The summed E-state index contributed by atoms with van der Waals surface area (Å²) < 4.78 is 0. The molecule has 4 nitrogen and oxygen atoms in total. The highest BCUT2D eigenvalue weighted by Crippen LogP contribution is 2.15. The Balaban J connectivity index is 1.96. The van der Waals surface area contributed by atoms with Crippen LogP contribution in [0.1, 0.15) is 19.8 Å². The standard InChI is InChI=1S/C13H19N3O/c1-10(16-7-2-3-8-16)13(17)15-12-6-4-5-11(14)9-12/h4-6,9-10H,2-3,7-8,14H2,1H3,(H,15,17). The summed E-state index contributed by atoms with van der Waals surface area (Å²) in [6, 6.07) is 7.20. The van der Waals surface area contributed by atoms with E-state index in [1.807, 2.05) is 19.1 Å². The Morgan fingerprint density at radius 3 is 2.76 bits per heavy atom. The van der Waals surface area contributed by atoms with Gasteiger partial charge in [-0.1, -0.05) is 6.07 Å². The highest BCUT2D eigenvalue weighted by atomic mass is 16.2. The molecule has 1 fully saturated rings. The zero-order chi connectivity index (χ0) is 12.3. The molecule has 1 aromatic carbocycles. The van der Waals surface area contributed by atoms with E-state index in [-0.39, 0.29) is 11.9 Å². The molecule has 92 valence electrons. The second-order valence-electron chi connectivity index (χ2n) is 4.53. The van der Waals surface area contributed by atoms with Crippen LogP contribution in [-0.2, 0) is 4.79 Å². The summed E-state index contributed by atoms with van der Waals surface area (Å²) in [5.41, 5.74) is 7.10. The van der Waals surface area contributed by atoms with Crippen molar-refractivity contribution in [2.45, 2.75) is 25.8 Å². The molecule has 1 unspecified atom stereocenters. The van der Waals surface area contributed by atoms with Gasteiger partial charge in [0.15, 0.2) is 0 Å². The van der Waals surface area contributed by atoms with Gasteiger partial charge in [-0.15, -0.1) is 0 Å². The first-order valence-corrected chi connectivity index (χ1v) is 6.07. The number of nitrogens with zero attached hydrogens (tertiary/aromatic N) is 1. The SMILES string of the molecule is CC(C(=O)Nc1cccc(N)c1)N1CCCC1. The molecule has 1 aromatic rings. The molecule has 1 atom stereocenters. The molecule has 17 heavy (non-hydrogen) atoms. The minimum absolute atomic E-state index is 0.0394. The molecule has 1 saturated heterocycles. The van der Waals surface area contributed by atoms with Gasteiger partial charge in [-0.05, 0) is 51.1 Å². The monoisotopic (exact) mass is 233 g/mol. The summed E-state index contributed by atoms with van der Waals surface area (Å²) in [7, 11) is 0. The Morgan fingerprint density at radius 2 is 2.12 bits per heavy atom. The number of nitrogens with two attached hydrogens (primary N) is 1.